The van der Waals surface area contributed by atoms with Gasteiger partial charge in [0.1, 0.15) is 5.75 Å². The molecule has 2 amide bonds. The molecule has 0 spiro atoms. The molecule has 2 aliphatic heterocycles. The van der Waals surface area contributed by atoms with Gasteiger partial charge < -0.3 is 19.3 Å². The molecule has 6 heteroatoms. The Bertz CT molecular complexity index is 655. The largest absolute Gasteiger partial charge is 0.484 e. The molecule has 2 aliphatic rings. The third kappa shape index (κ3) is 4.55. The molecule has 2 fully saturated rings. The SMILES string of the molecule is Cc1ccc(OCC(=O)N2CCCC(C(=O)N3CCOCC3)C2)c(C)c1. The second-order valence-electron chi connectivity index (χ2n) is 7.17. The molecule has 26 heavy (non-hydrogen) atoms. The second-order valence-corrected chi connectivity index (χ2v) is 7.17. The Morgan fingerprint density at radius 3 is 2.65 bits per heavy atom. The number of rotatable bonds is 4. The minimum atomic E-state index is -0.105. The molecule has 0 aliphatic carbocycles. The zero-order valence-corrected chi connectivity index (χ0v) is 15.7. The lowest BCUT2D eigenvalue weighted by atomic mass is 9.96. The smallest absolute Gasteiger partial charge is 0.260 e. The average molecular weight is 360 g/mol. The summed E-state index contributed by atoms with van der Waals surface area (Å²) >= 11 is 0. The van der Waals surface area contributed by atoms with E-state index in [1.807, 2.05) is 36.9 Å². The highest BCUT2D eigenvalue weighted by Gasteiger charge is 2.31. The van der Waals surface area contributed by atoms with Gasteiger partial charge in [0.05, 0.1) is 19.1 Å². The number of carbonyl (C=O) groups is 2. The molecular weight excluding hydrogens is 332 g/mol. The number of carbonyl (C=O) groups excluding carboxylic acids is 2. The van der Waals surface area contributed by atoms with Crippen molar-refractivity contribution in [2.45, 2.75) is 26.7 Å². The number of benzene rings is 1. The lowest BCUT2D eigenvalue weighted by Gasteiger charge is -2.36. The van der Waals surface area contributed by atoms with E-state index in [-0.39, 0.29) is 24.3 Å². The number of amides is 2. The van der Waals surface area contributed by atoms with Crippen LogP contribution in [0.4, 0.5) is 0 Å². The van der Waals surface area contributed by atoms with Gasteiger partial charge in [0.15, 0.2) is 6.61 Å². The van der Waals surface area contributed by atoms with Crippen molar-refractivity contribution in [3.05, 3.63) is 29.3 Å². The molecule has 142 valence electrons. The topological polar surface area (TPSA) is 59.1 Å². The maximum atomic E-state index is 12.7. The van der Waals surface area contributed by atoms with E-state index in [2.05, 4.69) is 0 Å². The highest BCUT2D eigenvalue weighted by Crippen LogP contribution is 2.21. The molecule has 0 N–H and O–H groups in total. The summed E-state index contributed by atoms with van der Waals surface area (Å²) in [5.41, 5.74) is 2.19. The van der Waals surface area contributed by atoms with Crippen LogP contribution in [0.25, 0.3) is 0 Å². The van der Waals surface area contributed by atoms with Crippen molar-refractivity contribution in [1.29, 1.82) is 0 Å². The van der Waals surface area contributed by atoms with Gasteiger partial charge in [0.25, 0.3) is 5.91 Å². The molecule has 1 aromatic rings. The van der Waals surface area contributed by atoms with E-state index in [9.17, 15) is 9.59 Å². The van der Waals surface area contributed by atoms with E-state index in [0.717, 1.165) is 24.2 Å². The van der Waals surface area contributed by atoms with Gasteiger partial charge in [-0.05, 0) is 38.3 Å². The van der Waals surface area contributed by atoms with E-state index in [1.165, 1.54) is 5.56 Å². The first kappa shape index (κ1) is 18.7. The van der Waals surface area contributed by atoms with Crippen LogP contribution in [-0.4, -0.2) is 67.6 Å². The molecule has 3 rings (SSSR count). The lowest BCUT2D eigenvalue weighted by Crippen LogP contribution is -2.50. The van der Waals surface area contributed by atoms with Gasteiger partial charge in [-0.15, -0.1) is 0 Å². The van der Waals surface area contributed by atoms with Crippen molar-refractivity contribution in [2.75, 3.05) is 46.0 Å². The van der Waals surface area contributed by atoms with E-state index < -0.39 is 0 Å². The number of hydrogen-bond donors (Lipinski definition) is 0. The zero-order chi connectivity index (χ0) is 18.5. The molecule has 1 unspecified atom stereocenters. The first-order chi connectivity index (χ1) is 12.5. The molecule has 1 atom stereocenters. The highest BCUT2D eigenvalue weighted by atomic mass is 16.5. The highest BCUT2D eigenvalue weighted by molar-refractivity contribution is 5.82. The Morgan fingerprint density at radius 1 is 1.15 bits per heavy atom. The first-order valence-electron chi connectivity index (χ1n) is 9.39. The number of piperidine rings is 1. The summed E-state index contributed by atoms with van der Waals surface area (Å²) in [7, 11) is 0. The normalized spacial score (nSPS) is 20.8. The summed E-state index contributed by atoms with van der Waals surface area (Å²) < 4.78 is 11.0. The Hall–Kier alpha value is -2.08. The van der Waals surface area contributed by atoms with Crippen LogP contribution < -0.4 is 4.74 Å². The second kappa shape index (κ2) is 8.54. The van der Waals surface area contributed by atoms with Gasteiger partial charge in [-0.3, -0.25) is 9.59 Å². The van der Waals surface area contributed by atoms with Gasteiger partial charge in [-0.25, -0.2) is 0 Å². The first-order valence-corrected chi connectivity index (χ1v) is 9.39. The maximum absolute atomic E-state index is 12.7. The van der Waals surface area contributed by atoms with Crippen molar-refractivity contribution in [3.63, 3.8) is 0 Å². The number of likely N-dealkylation sites (tertiary alicyclic amines) is 1. The monoisotopic (exact) mass is 360 g/mol. The van der Waals surface area contributed by atoms with Crippen molar-refractivity contribution in [2.24, 2.45) is 5.92 Å². The number of ether oxygens (including phenoxy) is 2. The molecule has 0 radical (unpaired) electrons. The van der Waals surface area contributed by atoms with E-state index >= 15 is 0 Å². The van der Waals surface area contributed by atoms with Gasteiger partial charge in [0, 0.05) is 26.2 Å². The summed E-state index contributed by atoms with van der Waals surface area (Å²) in [6.07, 6.45) is 1.70. The minimum absolute atomic E-state index is 0.0162. The predicted molar refractivity (Wildman–Crippen MR) is 98.1 cm³/mol. The summed E-state index contributed by atoms with van der Waals surface area (Å²) in [6.45, 7) is 7.72. The summed E-state index contributed by atoms with van der Waals surface area (Å²) in [6, 6.07) is 5.92. The third-order valence-electron chi connectivity index (χ3n) is 5.13. The van der Waals surface area contributed by atoms with E-state index in [4.69, 9.17) is 9.47 Å². The van der Waals surface area contributed by atoms with Crippen LogP contribution >= 0.6 is 0 Å². The quantitative estimate of drug-likeness (QED) is 0.821. The Morgan fingerprint density at radius 2 is 1.92 bits per heavy atom. The van der Waals surface area contributed by atoms with Crippen LogP contribution in [0, 0.1) is 19.8 Å². The summed E-state index contributed by atoms with van der Waals surface area (Å²) in [4.78, 5) is 28.9. The molecule has 0 bridgehead atoms. The van der Waals surface area contributed by atoms with Crippen molar-refractivity contribution in [3.8, 4) is 5.75 Å². The standard InChI is InChI=1S/C20H28N2O4/c1-15-5-6-18(16(2)12-15)26-14-19(23)22-7-3-4-17(13-22)20(24)21-8-10-25-11-9-21/h5-6,12,17H,3-4,7-11,13-14H2,1-2H3. The molecule has 1 aromatic carbocycles. The molecule has 0 saturated carbocycles. The van der Waals surface area contributed by atoms with Gasteiger partial charge in [-0.1, -0.05) is 17.7 Å². The maximum Gasteiger partial charge on any atom is 0.260 e. The predicted octanol–water partition coefficient (Wildman–Crippen LogP) is 1.78. The van der Waals surface area contributed by atoms with Gasteiger partial charge >= 0.3 is 0 Å². The van der Waals surface area contributed by atoms with Gasteiger partial charge in [-0.2, -0.15) is 0 Å². The number of aryl methyl sites for hydroxylation is 2. The summed E-state index contributed by atoms with van der Waals surface area (Å²) in [5.74, 6) is 0.736. The van der Waals surface area contributed by atoms with Crippen LogP contribution in [0.1, 0.15) is 24.0 Å². The summed E-state index contributed by atoms with van der Waals surface area (Å²) in [5, 5.41) is 0. The molecule has 6 nitrogen and oxygen atoms in total. The zero-order valence-electron chi connectivity index (χ0n) is 15.7. The molecule has 2 heterocycles. The number of hydrogen-bond acceptors (Lipinski definition) is 4. The van der Waals surface area contributed by atoms with Crippen LogP contribution in [0.5, 0.6) is 5.75 Å². The Labute approximate surface area is 155 Å². The fraction of sp³-hybridized carbons (Fsp3) is 0.600. The van der Waals surface area contributed by atoms with E-state index in [0.29, 0.717) is 39.4 Å². The van der Waals surface area contributed by atoms with E-state index in [1.54, 1.807) is 4.90 Å². The van der Waals surface area contributed by atoms with Crippen LogP contribution in [-0.2, 0) is 14.3 Å². The number of nitrogens with zero attached hydrogens (tertiary/aromatic N) is 2. The fourth-order valence-electron chi connectivity index (χ4n) is 3.64. The van der Waals surface area contributed by atoms with Crippen LogP contribution in [0.3, 0.4) is 0 Å². The third-order valence-corrected chi connectivity index (χ3v) is 5.13. The average Bonchev–Trinajstić information content (AvgIpc) is 2.67. The lowest BCUT2D eigenvalue weighted by molar-refractivity contribution is -0.144. The van der Waals surface area contributed by atoms with Crippen LogP contribution in [0.2, 0.25) is 0 Å². The van der Waals surface area contributed by atoms with Crippen molar-refractivity contribution >= 4 is 11.8 Å². The van der Waals surface area contributed by atoms with Crippen LogP contribution in [0.15, 0.2) is 18.2 Å². The van der Waals surface area contributed by atoms with Gasteiger partial charge in [0.2, 0.25) is 5.91 Å². The molecule has 2 saturated heterocycles. The number of morpholine rings is 1. The Kier molecular flexibility index (Phi) is 6.14. The minimum Gasteiger partial charge on any atom is -0.484 e. The molecular formula is C20H28N2O4. The van der Waals surface area contributed by atoms with Crippen molar-refractivity contribution in [1.82, 2.24) is 9.80 Å². The molecule has 0 aromatic heterocycles. The fourth-order valence-corrected chi connectivity index (χ4v) is 3.64. The van der Waals surface area contributed by atoms with Crippen molar-refractivity contribution < 1.29 is 19.1 Å². The Balaban J connectivity index is 1.53.